The van der Waals surface area contributed by atoms with Crippen molar-refractivity contribution in [2.75, 3.05) is 7.11 Å². The summed E-state index contributed by atoms with van der Waals surface area (Å²) in [7, 11) is 1.36. The molecular formula is C11H15N5O5. The lowest BCUT2D eigenvalue weighted by Crippen LogP contribution is -2.21. The molecule has 0 aliphatic rings. The van der Waals surface area contributed by atoms with Crippen LogP contribution in [0.1, 0.15) is 12.5 Å². The van der Waals surface area contributed by atoms with Gasteiger partial charge in [-0.25, -0.2) is 0 Å². The second-order valence-electron chi connectivity index (χ2n) is 3.48. The van der Waals surface area contributed by atoms with E-state index in [1.807, 2.05) is 0 Å². The highest BCUT2D eigenvalue weighted by Gasteiger charge is 2.14. The number of ether oxygens (including phenoxy) is 1. The molecule has 0 fully saturated rings. The first-order chi connectivity index (χ1) is 9.77. The molecule has 0 aliphatic carbocycles. The van der Waals surface area contributed by atoms with Crippen molar-refractivity contribution >= 4 is 23.8 Å². The number of nitrogens with zero attached hydrogens (tertiary/aromatic N) is 3. The summed E-state index contributed by atoms with van der Waals surface area (Å²) < 4.78 is 4.85. The van der Waals surface area contributed by atoms with Gasteiger partial charge in [0.1, 0.15) is 0 Å². The van der Waals surface area contributed by atoms with Gasteiger partial charge in [0, 0.05) is 18.6 Å². The molecule has 0 saturated carbocycles. The lowest BCUT2D eigenvalue weighted by Gasteiger charge is -2.01. The Balaban J connectivity index is 0.000000885. The van der Waals surface area contributed by atoms with Crippen molar-refractivity contribution < 1.29 is 19.6 Å². The molecule has 114 valence electrons. The molecule has 0 amide bonds. The molecule has 0 saturated heterocycles. The number of nitro benzene ring substituents is 1. The normalized spacial score (nSPS) is 9.43. The highest BCUT2D eigenvalue weighted by atomic mass is 16.6. The molecule has 1 aromatic rings. The number of carboxylic acids is 1. The van der Waals surface area contributed by atoms with Crippen molar-refractivity contribution in [1.29, 1.82) is 0 Å². The van der Waals surface area contributed by atoms with Gasteiger partial charge in [0.2, 0.25) is 5.96 Å². The van der Waals surface area contributed by atoms with Gasteiger partial charge in [-0.1, -0.05) is 0 Å². The van der Waals surface area contributed by atoms with Crippen LogP contribution in [-0.4, -0.2) is 35.3 Å². The van der Waals surface area contributed by atoms with Crippen molar-refractivity contribution in [3.63, 3.8) is 0 Å². The summed E-state index contributed by atoms with van der Waals surface area (Å²) in [5, 5.41) is 25.1. The van der Waals surface area contributed by atoms with Gasteiger partial charge in [-0.2, -0.15) is 5.10 Å². The minimum atomic E-state index is -0.833. The van der Waals surface area contributed by atoms with Crippen LogP contribution < -0.4 is 16.2 Å². The summed E-state index contributed by atoms with van der Waals surface area (Å²) in [5.41, 5.74) is 10.5. The van der Waals surface area contributed by atoms with E-state index in [1.54, 1.807) is 6.07 Å². The molecule has 1 rings (SSSR count). The predicted octanol–water partition coefficient (Wildman–Crippen LogP) is 0.302. The van der Waals surface area contributed by atoms with Crippen molar-refractivity contribution in [1.82, 2.24) is 0 Å². The van der Waals surface area contributed by atoms with Crippen LogP contribution in [0.4, 0.5) is 5.69 Å². The summed E-state index contributed by atoms with van der Waals surface area (Å²) in [5.74, 6) is -0.849. The molecule has 0 spiro atoms. The zero-order valence-corrected chi connectivity index (χ0v) is 11.4. The first-order valence-corrected chi connectivity index (χ1v) is 5.41. The Labute approximate surface area is 119 Å². The van der Waals surface area contributed by atoms with Gasteiger partial charge in [0.05, 0.1) is 18.2 Å². The fourth-order valence-electron chi connectivity index (χ4n) is 1.09. The Kier molecular flexibility index (Phi) is 7.51. The minimum absolute atomic E-state index is 0.152. The third kappa shape index (κ3) is 7.77. The summed E-state index contributed by atoms with van der Waals surface area (Å²) in [6.45, 7) is 1.08. The third-order valence-corrected chi connectivity index (χ3v) is 1.78. The largest absolute Gasteiger partial charge is 0.490 e. The van der Waals surface area contributed by atoms with Gasteiger partial charge in [-0.05, 0) is 12.1 Å². The number of nitrogens with two attached hydrogens (primary N) is 2. The summed E-state index contributed by atoms with van der Waals surface area (Å²) in [6, 6.07) is 4.37. The van der Waals surface area contributed by atoms with Crippen LogP contribution >= 0.6 is 0 Å². The number of rotatable bonds is 4. The average molecular weight is 297 g/mol. The lowest BCUT2D eigenvalue weighted by molar-refractivity contribution is -0.385. The van der Waals surface area contributed by atoms with E-state index in [4.69, 9.17) is 26.1 Å². The maximum absolute atomic E-state index is 10.7. The number of benzene rings is 1. The maximum Gasteiger partial charge on any atom is 0.311 e. The number of nitro groups is 1. The second-order valence-corrected chi connectivity index (χ2v) is 3.48. The van der Waals surface area contributed by atoms with Crippen LogP contribution in [0.15, 0.2) is 28.4 Å². The summed E-state index contributed by atoms with van der Waals surface area (Å²) in [6.07, 6.45) is 1.30. The number of hydrogen-bond acceptors (Lipinski definition) is 6. The molecule has 10 heteroatoms. The zero-order chi connectivity index (χ0) is 16.4. The first kappa shape index (κ1) is 17.8. The van der Waals surface area contributed by atoms with Gasteiger partial charge >= 0.3 is 5.69 Å². The van der Waals surface area contributed by atoms with E-state index < -0.39 is 10.9 Å². The predicted molar refractivity (Wildman–Crippen MR) is 76.4 cm³/mol. The Morgan fingerprint density at radius 3 is 2.48 bits per heavy atom. The molecule has 0 unspecified atom stereocenters. The SMILES string of the molecule is CC(=O)O.COc1ccc(/C=N/N=C(N)N)cc1[N+](=O)[O-]. The highest BCUT2D eigenvalue weighted by molar-refractivity contribution is 5.83. The van der Waals surface area contributed by atoms with Crippen molar-refractivity contribution in [2.24, 2.45) is 21.7 Å². The number of carbonyl (C=O) groups is 1. The molecule has 0 aliphatic heterocycles. The Bertz CT molecular complexity index is 562. The fraction of sp³-hybridized carbons (Fsp3) is 0.182. The van der Waals surface area contributed by atoms with E-state index in [9.17, 15) is 10.1 Å². The topological polar surface area (TPSA) is 166 Å². The standard InChI is InChI=1S/C9H11N5O3.C2H4O2/c1-17-8-3-2-6(4-7(8)14(15)16)5-12-13-9(10)11;1-2(3)4/h2-5H,1H3,(H4,10,11,13);1H3,(H,3,4)/b12-5+;. The molecule has 5 N–H and O–H groups in total. The van der Waals surface area contributed by atoms with Crippen LogP contribution in [0, 0.1) is 10.1 Å². The van der Waals surface area contributed by atoms with Crippen molar-refractivity contribution in [2.45, 2.75) is 6.92 Å². The Morgan fingerprint density at radius 2 is 2.05 bits per heavy atom. The average Bonchev–Trinajstić information content (AvgIpc) is 2.37. The van der Waals surface area contributed by atoms with Gasteiger partial charge in [0.15, 0.2) is 5.75 Å². The van der Waals surface area contributed by atoms with Gasteiger partial charge in [0.25, 0.3) is 5.97 Å². The van der Waals surface area contributed by atoms with E-state index in [2.05, 4.69) is 10.2 Å². The first-order valence-electron chi connectivity index (χ1n) is 5.41. The minimum Gasteiger partial charge on any atom is -0.490 e. The van der Waals surface area contributed by atoms with E-state index >= 15 is 0 Å². The van der Waals surface area contributed by atoms with Crippen molar-refractivity contribution in [3.8, 4) is 5.75 Å². The van der Waals surface area contributed by atoms with Crippen LogP contribution in [0.2, 0.25) is 0 Å². The van der Waals surface area contributed by atoms with Crippen LogP contribution in [-0.2, 0) is 4.79 Å². The molecule has 0 radical (unpaired) electrons. The van der Waals surface area contributed by atoms with Gasteiger partial charge in [-0.15, -0.1) is 5.10 Å². The summed E-state index contributed by atoms with van der Waals surface area (Å²) >= 11 is 0. The molecule has 10 nitrogen and oxygen atoms in total. The molecule has 0 heterocycles. The number of methoxy groups -OCH3 is 1. The van der Waals surface area contributed by atoms with E-state index in [-0.39, 0.29) is 17.4 Å². The van der Waals surface area contributed by atoms with Crippen LogP contribution in [0.5, 0.6) is 5.75 Å². The van der Waals surface area contributed by atoms with E-state index in [1.165, 1.54) is 25.5 Å². The molecule has 0 aromatic heterocycles. The molecule has 21 heavy (non-hydrogen) atoms. The van der Waals surface area contributed by atoms with Gasteiger partial charge in [-0.3, -0.25) is 14.9 Å². The monoisotopic (exact) mass is 297 g/mol. The quantitative estimate of drug-likeness (QED) is 0.311. The van der Waals surface area contributed by atoms with E-state index in [0.717, 1.165) is 6.92 Å². The maximum atomic E-state index is 10.7. The fourth-order valence-corrected chi connectivity index (χ4v) is 1.09. The van der Waals surface area contributed by atoms with Crippen LogP contribution in [0.25, 0.3) is 0 Å². The summed E-state index contributed by atoms with van der Waals surface area (Å²) in [4.78, 5) is 19.2. The zero-order valence-electron chi connectivity index (χ0n) is 11.4. The molecule has 0 bridgehead atoms. The van der Waals surface area contributed by atoms with E-state index in [0.29, 0.717) is 5.56 Å². The molecular weight excluding hydrogens is 282 g/mol. The Morgan fingerprint density at radius 1 is 1.48 bits per heavy atom. The highest BCUT2D eigenvalue weighted by Crippen LogP contribution is 2.26. The Hall–Kier alpha value is -3.17. The molecule has 0 atom stereocenters. The van der Waals surface area contributed by atoms with Gasteiger partial charge < -0.3 is 21.3 Å². The number of guanidine groups is 1. The number of aliphatic carboxylic acids is 1. The van der Waals surface area contributed by atoms with Crippen molar-refractivity contribution in [3.05, 3.63) is 33.9 Å². The smallest absolute Gasteiger partial charge is 0.311 e. The number of hydrogen-bond donors (Lipinski definition) is 3. The third-order valence-electron chi connectivity index (χ3n) is 1.78. The second kappa shape index (κ2) is 8.85. The molecule has 1 aromatic carbocycles. The number of carboxylic acid groups (broad SMARTS) is 1. The lowest BCUT2D eigenvalue weighted by atomic mass is 10.2. The van der Waals surface area contributed by atoms with Crippen LogP contribution in [0.3, 0.4) is 0 Å².